The Hall–Kier alpha value is -1.16. The van der Waals surface area contributed by atoms with E-state index >= 15 is 0 Å². The number of hydrogen-bond donors (Lipinski definition) is 2. The first-order valence-corrected chi connectivity index (χ1v) is 6.70. The summed E-state index contributed by atoms with van der Waals surface area (Å²) in [6, 6.07) is 14.7. The standard InChI is InChI=1S/C15H17BrN2/c1-10-6-7-11(2)14(8-10)15(18-17)12-4-3-5-13(16)9-12/h3-9,15,18H,17H2,1-2H3. The van der Waals surface area contributed by atoms with Crippen molar-refractivity contribution in [2.75, 3.05) is 0 Å². The zero-order valence-corrected chi connectivity index (χ0v) is 12.2. The highest BCUT2D eigenvalue weighted by Gasteiger charge is 2.14. The number of hydrazine groups is 1. The normalized spacial score (nSPS) is 12.4. The maximum atomic E-state index is 5.74. The van der Waals surface area contributed by atoms with Gasteiger partial charge in [0.15, 0.2) is 0 Å². The predicted molar refractivity (Wildman–Crippen MR) is 79.2 cm³/mol. The monoisotopic (exact) mass is 304 g/mol. The van der Waals surface area contributed by atoms with E-state index in [0.717, 1.165) is 10.0 Å². The summed E-state index contributed by atoms with van der Waals surface area (Å²) in [6.07, 6.45) is 0. The van der Waals surface area contributed by atoms with Crippen molar-refractivity contribution in [1.29, 1.82) is 0 Å². The fourth-order valence-corrected chi connectivity index (χ4v) is 2.54. The smallest absolute Gasteiger partial charge is 0.0713 e. The third-order valence-electron chi connectivity index (χ3n) is 3.09. The largest absolute Gasteiger partial charge is 0.271 e. The molecule has 2 aromatic carbocycles. The molecule has 0 spiro atoms. The lowest BCUT2D eigenvalue weighted by molar-refractivity contribution is 0.633. The number of aryl methyl sites for hydroxylation is 2. The molecule has 1 unspecified atom stereocenters. The van der Waals surface area contributed by atoms with Gasteiger partial charge in [-0.15, -0.1) is 0 Å². The van der Waals surface area contributed by atoms with Gasteiger partial charge in [0.25, 0.3) is 0 Å². The average molecular weight is 305 g/mol. The fourth-order valence-electron chi connectivity index (χ4n) is 2.12. The number of benzene rings is 2. The molecule has 0 aromatic heterocycles. The fraction of sp³-hybridized carbons (Fsp3) is 0.200. The van der Waals surface area contributed by atoms with Gasteiger partial charge in [-0.1, -0.05) is 51.8 Å². The molecule has 18 heavy (non-hydrogen) atoms. The molecule has 1 atom stereocenters. The van der Waals surface area contributed by atoms with E-state index in [9.17, 15) is 0 Å². The van der Waals surface area contributed by atoms with Crippen LogP contribution in [-0.2, 0) is 0 Å². The molecule has 0 aliphatic heterocycles. The SMILES string of the molecule is Cc1ccc(C)c(C(NN)c2cccc(Br)c2)c1. The second-order valence-electron chi connectivity index (χ2n) is 4.51. The van der Waals surface area contributed by atoms with Crippen LogP contribution in [0.5, 0.6) is 0 Å². The van der Waals surface area contributed by atoms with Crippen LogP contribution in [-0.4, -0.2) is 0 Å². The number of rotatable bonds is 3. The van der Waals surface area contributed by atoms with E-state index in [0.29, 0.717) is 0 Å². The minimum atomic E-state index is 0.0161. The first-order valence-electron chi connectivity index (χ1n) is 5.90. The van der Waals surface area contributed by atoms with Crippen LogP contribution < -0.4 is 11.3 Å². The van der Waals surface area contributed by atoms with Gasteiger partial charge in [-0.2, -0.15) is 0 Å². The van der Waals surface area contributed by atoms with Crippen molar-refractivity contribution in [3.05, 3.63) is 69.2 Å². The minimum Gasteiger partial charge on any atom is -0.271 e. The highest BCUT2D eigenvalue weighted by molar-refractivity contribution is 9.10. The Morgan fingerprint density at radius 1 is 1.11 bits per heavy atom. The molecule has 0 fully saturated rings. The third kappa shape index (κ3) is 2.80. The van der Waals surface area contributed by atoms with Gasteiger partial charge in [0.2, 0.25) is 0 Å². The van der Waals surface area contributed by atoms with Gasteiger partial charge in [0.05, 0.1) is 6.04 Å². The second-order valence-corrected chi connectivity index (χ2v) is 5.43. The lowest BCUT2D eigenvalue weighted by atomic mass is 9.94. The summed E-state index contributed by atoms with van der Waals surface area (Å²) < 4.78 is 1.06. The lowest BCUT2D eigenvalue weighted by Gasteiger charge is -2.20. The van der Waals surface area contributed by atoms with Gasteiger partial charge in [0.1, 0.15) is 0 Å². The quantitative estimate of drug-likeness (QED) is 0.671. The highest BCUT2D eigenvalue weighted by atomic mass is 79.9. The highest BCUT2D eigenvalue weighted by Crippen LogP contribution is 2.26. The zero-order valence-electron chi connectivity index (χ0n) is 10.6. The third-order valence-corrected chi connectivity index (χ3v) is 3.59. The second kappa shape index (κ2) is 5.65. The molecule has 94 valence electrons. The number of hydrogen-bond acceptors (Lipinski definition) is 2. The zero-order chi connectivity index (χ0) is 13.1. The number of halogens is 1. The first-order chi connectivity index (χ1) is 8.61. The lowest BCUT2D eigenvalue weighted by Crippen LogP contribution is -2.29. The molecule has 3 N–H and O–H groups in total. The van der Waals surface area contributed by atoms with Gasteiger partial charge < -0.3 is 0 Å². The van der Waals surface area contributed by atoms with Crippen LogP contribution in [0, 0.1) is 13.8 Å². The summed E-state index contributed by atoms with van der Waals surface area (Å²) in [4.78, 5) is 0. The summed E-state index contributed by atoms with van der Waals surface area (Å²) in [7, 11) is 0. The van der Waals surface area contributed by atoms with E-state index < -0.39 is 0 Å². The van der Waals surface area contributed by atoms with Gasteiger partial charge in [-0.25, -0.2) is 5.43 Å². The topological polar surface area (TPSA) is 38.0 Å². The van der Waals surface area contributed by atoms with Crippen molar-refractivity contribution < 1.29 is 0 Å². The van der Waals surface area contributed by atoms with Crippen molar-refractivity contribution in [2.45, 2.75) is 19.9 Å². The van der Waals surface area contributed by atoms with Crippen LogP contribution in [0.3, 0.4) is 0 Å². The summed E-state index contributed by atoms with van der Waals surface area (Å²) in [5, 5.41) is 0. The Balaban J connectivity index is 2.48. The molecule has 2 rings (SSSR count). The van der Waals surface area contributed by atoms with E-state index in [-0.39, 0.29) is 6.04 Å². The van der Waals surface area contributed by atoms with Gasteiger partial charge in [-0.3, -0.25) is 5.84 Å². The van der Waals surface area contributed by atoms with E-state index in [1.165, 1.54) is 16.7 Å². The summed E-state index contributed by atoms with van der Waals surface area (Å²) in [6.45, 7) is 4.20. The molecule has 2 aromatic rings. The van der Waals surface area contributed by atoms with Crippen LogP contribution >= 0.6 is 15.9 Å². The van der Waals surface area contributed by atoms with Crippen LogP contribution in [0.2, 0.25) is 0 Å². The maximum absolute atomic E-state index is 5.74. The van der Waals surface area contributed by atoms with Gasteiger partial charge >= 0.3 is 0 Å². The predicted octanol–water partition coefficient (Wildman–Crippen LogP) is 3.62. The molecular weight excluding hydrogens is 288 g/mol. The molecular formula is C15H17BrN2. The van der Waals surface area contributed by atoms with Crippen molar-refractivity contribution in [2.24, 2.45) is 5.84 Å². The number of nitrogens with two attached hydrogens (primary N) is 1. The Labute approximate surface area is 116 Å². The molecule has 0 saturated heterocycles. The van der Waals surface area contributed by atoms with Crippen LogP contribution in [0.15, 0.2) is 46.9 Å². The van der Waals surface area contributed by atoms with Crippen LogP contribution in [0.25, 0.3) is 0 Å². The molecule has 0 saturated carbocycles. The molecule has 3 heteroatoms. The van der Waals surface area contributed by atoms with E-state index in [1.807, 2.05) is 12.1 Å². The summed E-state index contributed by atoms with van der Waals surface area (Å²) in [5.74, 6) is 5.74. The van der Waals surface area contributed by atoms with E-state index in [4.69, 9.17) is 5.84 Å². The summed E-state index contributed by atoms with van der Waals surface area (Å²) in [5.41, 5.74) is 7.76. The van der Waals surface area contributed by atoms with Crippen LogP contribution in [0.1, 0.15) is 28.3 Å². The summed E-state index contributed by atoms with van der Waals surface area (Å²) >= 11 is 3.50. The van der Waals surface area contributed by atoms with Crippen molar-refractivity contribution in [3.63, 3.8) is 0 Å². The first kappa shape index (κ1) is 13.3. The molecule has 0 aliphatic carbocycles. The Morgan fingerprint density at radius 2 is 1.89 bits per heavy atom. The Kier molecular flexibility index (Phi) is 4.17. The molecule has 0 bridgehead atoms. The molecule has 2 nitrogen and oxygen atoms in total. The van der Waals surface area contributed by atoms with Crippen molar-refractivity contribution >= 4 is 15.9 Å². The average Bonchev–Trinajstić information content (AvgIpc) is 2.35. The minimum absolute atomic E-state index is 0.0161. The number of nitrogens with one attached hydrogen (secondary N) is 1. The van der Waals surface area contributed by atoms with E-state index in [2.05, 4.69) is 65.5 Å². The Morgan fingerprint density at radius 3 is 2.56 bits per heavy atom. The molecule has 0 radical (unpaired) electrons. The van der Waals surface area contributed by atoms with Crippen LogP contribution in [0.4, 0.5) is 0 Å². The Bertz CT molecular complexity index is 552. The molecule has 0 heterocycles. The van der Waals surface area contributed by atoms with Crippen molar-refractivity contribution in [1.82, 2.24) is 5.43 Å². The maximum Gasteiger partial charge on any atom is 0.0713 e. The molecule has 0 amide bonds. The van der Waals surface area contributed by atoms with Gasteiger partial charge in [-0.05, 0) is 42.7 Å². The van der Waals surface area contributed by atoms with Crippen molar-refractivity contribution in [3.8, 4) is 0 Å². The van der Waals surface area contributed by atoms with E-state index in [1.54, 1.807) is 0 Å². The van der Waals surface area contributed by atoms with Gasteiger partial charge in [0, 0.05) is 4.47 Å². The molecule has 0 aliphatic rings.